The lowest BCUT2D eigenvalue weighted by atomic mass is 9.85. The third-order valence-electron chi connectivity index (χ3n) is 5.62. The van der Waals surface area contributed by atoms with Crippen molar-refractivity contribution in [3.63, 3.8) is 0 Å². The van der Waals surface area contributed by atoms with Gasteiger partial charge in [0.05, 0.1) is 31.5 Å². The van der Waals surface area contributed by atoms with E-state index >= 15 is 0 Å². The van der Waals surface area contributed by atoms with Crippen molar-refractivity contribution in [3.05, 3.63) is 12.3 Å². The van der Waals surface area contributed by atoms with Crippen molar-refractivity contribution in [3.8, 4) is 0 Å². The molecule has 3 fully saturated rings. The first-order valence-corrected chi connectivity index (χ1v) is 8.19. The lowest BCUT2D eigenvalue weighted by Crippen LogP contribution is -2.60. The van der Waals surface area contributed by atoms with Crippen LogP contribution in [0.3, 0.4) is 0 Å². The van der Waals surface area contributed by atoms with Crippen molar-refractivity contribution in [2.75, 3.05) is 13.2 Å². The molecule has 1 saturated carbocycles. The smallest absolute Gasteiger partial charge is 0.208 e. The average Bonchev–Trinajstić information content (AvgIpc) is 3.31. The summed E-state index contributed by atoms with van der Waals surface area (Å²) in [6.45, 7) is -0.908. The summed E-state index contributed by atoms with van der Waals surface area (Å²) in [5.41, 5.74) is -0.992. The zero-order chi connectivity index (χ0) is 17.9. The molecule has 0 aromatic carbocycles. The number of aliphatic hydroxyl groups excluding tert-OH is 6. The fourth-order valence-electron chi connectivity index (χ4n) is 4.17. The lowest BCUT2D eigenvalue weighted by Gasteiger charge is -2.43. The highest BCUT2D eigenvalue weighted by atomic mass is 16.8. The molecule has 1 aliphatic carbocycles. The molecule has 0 aromatic rings. The molecule has 0 radical (unpaired) electrons. The highest BCUT2D eigenvalue weighted by Crippen LogP contribution is 2.59. The van der Waals surface area contributed by atoms with Gasteiger partial charge in [-0.15, -0.1) is 0 Å². The minimum atomic E-state index is -1.57. The van der Waals surface area contributed by atoms with Crippen LogP contribution in [0.5, 0.6) is 0 Å². The monoisotopic (exact) mass is 362 g/mol. The zero-order valence-electron chi connectivity index (χ0n) is 13.2. The summed E-state index contributed by atoms with van der Waals surface area (Å²) >= 11 is 0. The maximum atomic E-state index is 10.3. The lowest BCUT2D eigenvalue weighted by molar-refractivity contribution is -0.344. The molecule has 142 valence electrons. The third kappa shape index (κ3) is 2.45. The number of fused-ring (bicyclic) bond motifs is 3. The molecule has 11 atom stereocenters. The van der Waals surface area contributed by atoms with Crippen LogP contribution in [0.1, 0.15) is 0 Å². The molecule has 0 aromatic heterocycles. The maximum Gasteiger partial charge on any atom is 0.208 e. The van der Waals surface area contributed by atoms with Gasteiger partial charge < -0.3 is 49.6 Å². The molecule has 2 saturated heterocycles. The predicted molar refractivity (Wildman–Crippen MR) is 76.5 cm³/mol. The van der Waals surface area contributed by atoms with Crippen LogP contribution in [0.4, 0.5) is 0 Å². The summed E-state index contributed by atoms with van der Waals surface area (Å²) in [4.78, 5) is 0. The standard InChI is InChI=1S/C15H22O10/c16-3-6-9(19)10(20)11(21)14(23-6)24-13-7-5(1-2-22-13)8(18)12-15(7,4-17)25-12/h1-2,5-14,16-21H,3-4H2/t5-,6-,7-,8-,9-,10+,11+,12+,13+,14+,15-/m1/s1. The Labute approximate surface area is 142 Å². The molecule has 4 rings (SSSR count). The van der Waals surface area contributed by atoms with Gasteiger partial charge in [0, 0.05) is 5.92 Å². The normalized spacial score (nSPS) is 56.9. The summed E-state index contributed by atoms with van der Waals surface area (Å²) in [5.74, 6) is -0.913. The van der Waals surface area contributed by atoms with Gasteiger partial charge in [0.2, 0.25) is 6.29 Å². The van der Waals surface area contributed by atoms with E-state index in [2.05, 4.69) is 0 Å². The summed E-state index contributed by atoms with van der Waals surface area (Å²) in [5, 5.41) is 59.0. The van der Waals surface area contributed by atoms with Crippen LogP contribution >= 0.6 is 0 Å². The second kappa shape index (κ2) is 6.12. The molecule has 10 nitrogen and oxygen atoms in total. The highest BCUT2D eigenvalue weighted by molar-refractivity contribution is 5.24. The molecule has 3 aliphatic heterocycles. The molecular weight excluding hydrogens is 340 g/mol. The summed E-state index contributed by atoms with van der Waals surface area (Å²) in [7, 11) is 0. The predicted octanol–water partition coefficient (Wildman–Crippen LogP) is -3.59. The number of aliphatic hydroxyl groups is 6. The molecule has 0 amide bonds. The van der Waals surface area contributed by atoms with E-state index in [-0.39, 0.29) is 12.5 Å². The molecule has 6 N–H and O–H groups in total. The van der Waals surface area contributed by atoms with Crippen molar-refractivity contribution in [1.29, 1.82) is 0 Å². The molecule has 10 heteroatoms. The van der Waals surface area contributed by atoms with E-state index in [1.54, 1.807) is 6.08 Å². The molecule has 0 unspecified atom stereocenters. The quantitative estimate of drug-likeness (QED) is 0.276. The van der Waals surface area contributed by atoms with E-state index in [0.717, 1.165) is 0 Å². The van der Waals surface area contributed by atoms with Crippen molar-refractivity contribution in [2.24, 2.45) is 11.8 Å². The van der Waals surface area contributed by atoms with E-state index in [1.807, 2.05) is 0 Å². The molecule has 0 spiro atoms. The molecule has 3 heterocycles. The van der Waals surface area contributed by atoms with Gasteiger partial charge in [0.25, 0.3) is 0 Å². The second-order valence-electron chi connectivity index (χ2n) is 6.91. The summed E-state index contributed by atoms with van der Waals surface area (Å²) < 4.78 is 21.9. The second-order valence-corrected chi connectivity index (χ2v) is 6.91. The molecule has 0 bridgehead atoms. The third-order valence-corrected chi connectivity index (χ3v) is 5.62. The van der Waals surface area contributed by atoms with Crippen molar-refractivity contribution >= 4 is 0 Å². The van der Waals surface area contributed by atoms with Gasteiger partial charge in [-0.05, 0) is 6.08 Å². The number of ether oxygens (including phenoxy) is 4. The van der Waals surface area contributed by atoms with Gasteiger partial charge >= 0.3 is 0 Å². The Balaban J connectivity index is 1.53. The van der Waals surface area contributed by atoms with Crippen LogP contribution in [-0.2, 0) is 18.9 Å². The van der Waals surface area contributed by atoms with Crippen LogP contribution in [0, 0.1) is 11.8 Å². The minimum Gasteiger partial charge on any atom is -0.472 e. The first-order valence-electron chi connectivity index (χ1n) is 8.19. The van der Waals surface area contributed by atoms with Crippen molar-refractivity contribution in [2.45, 2.75) is 54.8 Å². The van der Waals surface area contributed by atoms with Gasteiger partial charge in [-0.25, -0.2) is 0 Å². The first-order chi connectivity index (χ1) is 11.9. The van der Waals surface area contributed by atoms with Crippen molar-refractivity contribution in [1.82, 2.24) is 0 Å². The van der Waals surface area contributed by atoms with E-state index in [0.29, 0.717) is 0 Å². The zero-order valence-corrected chi connectivity index (χ0v) is 13.2. The maximum absolute atomic E-state index is 10.3. The summed E-state index contributed by atoms with van der Waals surface area (Å²) in [6, 6.07) is 0. The number of hydrogen-bond acceptors (Lipinski definition) is 10. The van der Waals surface area contributed by atoms with E-state index < -0.39 is 67.3 Å². The van der Waals surface area contributed by atoms with Gasteiger partial charge in [-0.3, -0.25) is 0 Å². The molecular formula is C15H22O10. The number of hydrogen-bond donors (Lipinski definition) is 6. The molecule has 4 aliphatic rings. The van der Waals surface area contributed by atoms with Gasteiger partial charge in [-0.1, -0.05) is 0 Å². The van der Waals surface area contributed by atoms with Gasteiger partial charge in [0.15, 0.2) is 6.29 Å². The van der Waals surface area contributed by atoms with E-state index in [4.69, 9.17) is 18.9 Å². The summed E-state index contributed by atoms with van der Waals surface area (Å²) in [6.07, 6.45) is -6.47. The minimum absolute atomic E-state index is 0.332. The SMILES string of the molecule is OC[C@H]1O[C@@H](O[C@@H]2OC=C[C@H]3[C@@H](O)[C@@H]4O[C@]4(CO)[C@@H]23)[C@@H](O)[C@@H](O)[C@@H]1O. The van der Waals surface area contributed by atoms with E-state index in [1.165, 1.54) is 6.26 Å². The van der Waals surface area contributed by atoms with Crippen LogP contribution in [0.2, 0.25) is 0 Å². The fourth-order valence-corrected chi connectivity index (χ4v) is 4.17. The highest BCUT2D eigenvalue weighted by Gasteiger charge is 2.75. The Hall–Kier alpha value is -0.820. The fraction of sp³-hybridized carbons (Fsp3) is 0.867. The molecule has 25 heavy (non-hydrogen) atoms. The van der Waals surface area contributed by atoms with Crippen LogP contribution in [0.25, 0.3) is 0 Å². The first kappa shape index (κ1) is 17.6. The number of rotatable bonds is 4. The Bertz CT molecular complexity index is 540. The average molecular weight is 362 g/mol. The van der Waals surface area contributed by atoms with Crippen LogP contribution in [0.15, 0.2) is 12.3 Å². The van der Waals surface area contributed by atoms with Crippen LogP contribution in [-0.4, -0.2) is 98.7 Å². The Kier molecular flexibility index (Phi) is 4.30. The largest absolute Gasteiger partial charge is 0.472 e. The van der Waals surface area contributed by atoms with Gasteiger partial charge in [-0.2, -0.15) is 0 Å². The van der Waals surface area contributed by atoms with Crippen molar-refractivity contribution < 1.29 is 49.6 Å². The Morgan fingerprint density at radius 3 is 2.40 bits per heavy atom. The van der Waals surface area contributed by atoms with Gasteiger partial charge in [0.1, 0.15) is 36.1 Å². The number of epoxide rings is 1. The van der Waals surface area contributed by atoms with Crippen LogP contribution < -0.4 is 0 Å². The Morgan fingerprint density at radius 1 is 0.960 bits per heavy atom. The Morgan fingerprint density at radius 2 is 1.72 bits per heavy atom. The topological polar surface area (TPSA) is 162 Å². The van der Waals surface area contributed by atoms with E-state index in [9.17, 15) is 30.6 Å².